The van der Waals surface area contributed by atoms with Crippen LogP contribution in [0.3, 0.4) is 0 Å². The highest BCUT2D eigenvalue weighted by Crippen LogP contribution is 2.44. The van der Waals surface area contributed by atoms with Crippen LogP contribution in [0.25, 0.3) is 0 Å². The van der Waals surface area contributed by atoms with Gasteiger partial charge in [-0.2, -0.15) is 0 Å². The van der Waals surface area contributed by atoms with Gasteiger partial charge in [0, 0.05) is 0 Å². The van der Waals surface area contributed by atoms with Crippen LogP contribution < -0.4 is 0 Å². The summed E-state index contributed by atoms with van der Waals surface area (Å²) in [6.45, 7) is 2.16. The fraction of sp³-hybridized carbons (Fsp3) is 0.611. The number of rotatable bonds is 1. The van der Waals surface area contributed by atoms with E-state index < -0.39 is 0 Å². The number of carbonyl (C=O) groups excluding carboxylic acids is 1. The SMILES string of the molecule is CC=C1CC2C=CC1C2.COC(=O)C1CC2C=CC1C2. The van der Waals surface area contributed by atoms with Gasteiger partial charge in [0.05, 0.1) is 13.0 Å². The van der Waals surface area contributed by atoms with Gasteiger partial charge in [-0.1, -0.05) is 36.0 Å². The van der Waals surface area contributed by atoms with E-state index in [4.69, 9.17) is 4.74 Å². The van der Waals surface area contributed by atoms with E-state index in [1.165, 1.54) is 26.4 Å². The zero-order valence-electron chi connectivity index (χ0n) is 12.4. The molecular weight excluding hydrogens is 248 g/mol. The van der Waals surface area contributed by atoms with E-state index in [0.29, 0.717) is 11.8 Å². The van der Waals surface area contributed by atoms with Crippen molar-refractivity contribution in [2.75, 3.05) is 7.11 Å². The smallest absolute Gasteiger partial charge is 0.309 e. The second kappa shape index (κ2) is 5.59. The molecule has 4 bridgehead atoms. The van der Waals surface area contributed by atoms with Crippen molar-refractivity contribution < 1.29 is 9.53 Å². The highest BCUT2D eigenvalue weighted by atomic mass is 16.5. The lowest BCUT2D eigenvalue weighted by Crippen LogP contribution is -2.19. The first kappa shape index (κ1) is 13.7. The minimum Gasteiger partial charge on any atom is -0.469 e. The van der Waals surface area contributed by atoms with Crippen LogP contribution in [-0.2, 0) is 9.53 Å². The predicted octanol–water partition coefficient (Wildman–Crippen LogP) is 3.90. The largest absolute Gasteiger partial charge is 0.469 e. The number of ether oxygens (including phenoxy) is 1. The van der Waals surface area contributed by atoms with Gasteiger partial charge in [0.15, 0.2) is 0 Å². The fourth-order valence-corrected chi connectivity index (χ4v) is 4.19. The van der Waals surface area contributed by atoms with Crippen molar-refractivity contribution in [1.29, 1.82) is 0 Å². The topological polar surface area (TPSA) is 26.3 Å². The average molecular weight is 272 g/mol. The molecule has 0 aromatic rings. The molecule has 0 radical (unpaired) electrons. The highest BCUT2D eigenvalue weighted by Gasteiger charge is 2.40. The van der Waals surface area contributed by atoms with Crippen molar-refractivity contribution in [2.24, 2.45) is 29.6 Å². The van der Waals surface area contributed by atoms with Crippen LogP contribution in [0, 0.1) is 29.6 Å². The number of fused-ring (bicyclic) bond motifs is 4. The van der Waals surface area contributed by atoms with Crippen LogP contribution in [0.15, 0.2) is 36.0 Å². The molecular formula is C18H24O2. The van der Waals surface area contributed by atoms with Crippen LogP contribution >= 0.6 is 0 Å². The van der Waals surface area contributed by atoms with Crippen LogP contribution in [0.2, 0.25) is 0 Å². The van der Waals surface area contributed by atoms with Gasteiger partial charge >= 0.3 is 5.97 Å². The summed E-state index contributed by atoms with van der Waals surface area (Å²) < 4.78 is 4.71. The summed E-state index contributed by atoms with van der Waals surface area (Å²) in [5.74, 6) is 3.01. The third-order valence-electron chi connectivity index (χ3n) is 5.30. The van der Waals surface area contributed by atoms with Gasteiger partial charge in [0.25, 0.3) is 0 Å². The number of carbonyl (C=O) groups is 1. The molecule has 0 amide bonds. The van der Waals surface area contributed by atoms with Gasteiger partial charge in [-0.05, 0) is 56.3 Å². The molecule has 2 fully saturated rings. The molecule has 0 aromatic carbocycles. The standard InChI is InChI=1S/C9H12O2.C9H12/c1-11-9(10)8-5-6-2-3-7(8)4-6;1-2-8-5-7-3-4-9(8)6-7/h2-3,6-8H,4-5H2,1H3;2-4,7,9H,5-6H2,1H3. The Morgan fingerprint density at radius 3 is 2.35 bits per heavy atom. The minimum absolute atomic E-state index is 0.0261. The molecule has 20 heavy (non-hydrogen) atoms. The Morgan fingerprint density at radius 1 is 1.15 bits per heavy atom. The molecule has 0 aromatic heterocycles. The van der Waals surface area contributed by atoms with E-state index in [0.717, 1.165) is 18.3 Å². The van der Waals surface area contributed by atoms with Gasteiger partial charge in [-0.25, -0.2) is 0 Å². The summed E-state index contributed by atoms with van der Waals surface area (Å²) in [5.41, 5.74) is 1.67. The monoisotopic (exact) mass is 272 g/mol. The molecule has 4 aliphatic carbocycles. The van der Waals surface area contributed by atoms with Crippen molar-refractivity contribution in [3.63, 3.8) is 0 Å². The zero-order valence-corrected chi connectivity index (χ0v) is 12.4. The Balaban J connectivity index is 0.000000123. The number of esters is 1. The molecule has 0 spiro atoms. The molecule has 2 heteroatoms. The molecule has 108 valence electrons. The van der Waals surface area contributed by atoms with Crippen LogP contribution in [0.5, 0.6) is 0 Å². The molecule has 5 atom stereocenters. The second-order valence-corrected chi connectivity index (χ2v) is 6.46. The molecule has 2 nitrogen and oxygen atoms in total. The molecule has 5 unspecified atom stereocenters. The maximum Gasteiger partial charge on any atom is 0.309 e. The Morgan fingerprint density at radius 2 is 1.95 bits per heavy atom. The van der Waals surface area contributed by atoms with Gasteiger partial charge in [-0.3, -0.25) is 4.79 Å². The number of allylic oxidation sites excluding steroid dienone is 6. The molecule has 0 saturated heterocycles. The maximum absolute atomic E-state index is 11.1. The number of hydrogen-bond donors (Lipinski definition) is 0. The lowest BCUT2D eigenvalue weighted by Gasteiger charge is -2.14. The van der Waals surface area contributed by atoms with Gasteiger partial charge < -0.3 is 4.74 Å². The molecule has 2 saturated carbocycles. The lowest BCUT2D eigenvalue weighted by molar-refractivity contribution is -0.146. The molecule has 4 aliphatic rings. The Kier molecular flexibility index (Phi) is 3.82. The molecule has 0 aliphatic heterocycles. The van der Waals surface area contributed by atoms with Crippen molar-refractivity contribution in [1.82, 2.24) is 0 Å². The third-order valence-corrected chi connectivity index (χ3v) is 5.30. The van der Waals surface area contributed by atoms with E-state index in [-0.39, 0.29) is 11.9 Å². The summed E-state index contributed by atoms with van der Waals surface area (Å²) in [4.78, 5) is 11.1. The molecule has 4 rings (SSSR count). The fourth-order valence-electron chi connectivity index (χ4n) is 4.19. The van der Waals surface area contributed by atoms with Crippen molar-refractivity contribution in [3.05, 3.63) is 36.0 Å². The predicted molar refractivity (Wildman–Crippen MR) is 80.0 cm³/mol. The van der Waals surface area contributed by atoms with Crippen LogP contribution in [0.1, 0.15) is 32.6 Å². The van der Waals surface area contributed by atoms with Gasteiger partial charge in [0.2, 0.25) is 0 Å². The summed E-state index contributed by atoms with van der Waals surface area (Å²) in [6, 6.07) is 0. The minimum atomic E-state index is -0.0261. The van der Waals surface area contributed by atoms with E-state index in [1.807, 2.05) is 0 Å². The lowest BCUT2D eigenvalue weighted by atomic mass is 9.94. The summed E-state index contributed by atoms with van der Waals surface area (Å²) >= 11 is 0. The Bertz CT molecular complexity index is 472. The average Bonchev–Trinajstić information content (AvgIpc) is 3.25. The van der Waals surface area contributed by atoms with Crippen LogP contribution in [-0.4, -0.2) is 13.1 Å². The molecule has 0 N–H and O–H groups in total. The summed E-state index contributed by atoms with van der Waals surface area (Å²) in [7, 11) is 1.47. The number of methoxy groups -OCH3 is 1. The van der Waals surface area contributed by atoms with Crippen LogP contribution in [0.4, 0.5) is 0 Å². The van der Waals surface area contributed by atoms with E-state index in [1.54, 1.807) is 5.57 Å². The first-order valence-corrected chi connectivity index (χ1v) is 7.80. The number of hydrogen-bond acceptors (Lipinski definition) is 2. The van der Waals surface area contributed by atoms with E-state index in [2.05, 4.69) is 37.3 Å². The maximum atomic E-state index is 11.1. The highest BCUT2D eigenvalue weighted by molar-refractivity contribution is 5.73. The second-order valence-electron chi connectivity index (χ2n) is 6.46. The van der Waals surface area contributed by atoms with Crippen molar-refractivity contribution >= 4 is 5.97 Å². The van der Waals surface area contributed by atoms with Gasteiger partial charge in [-0.15, -0.1) is 0 Å². The first-order chi connectivity index (χ1) is 9.71. The Labute approximate surface area is 121 Å². The summed E-state index contributed by atoms with van der Waals surface area (Å²) in [5, 5.41) is 0. The summed E-state index contributed by atoms with van der Waals surface area (Å²) in [6.07, 6.45) is 16.3. The van der Waals surface area contributed by atoms with Crippen molar-refractivity contribution in [2.45, 2.75) is 32.6 Å². The van der Waals surface area contributed by atoms with Gasteiger partial charge in [0.1, 0.15) is 0 Å². The zero-order chi connectivity index (χ0) is 14.1. The Hall–Kier alpha value is -1.31. The normalized spacial score (nSPS) is 41.1. The van der Waals surface area contributed by atoms with E-state index >= 15 is 0 Å². The molecule has 0 heterocycles. The van der Waals surface area contributed by atoms with Crippen molar-refractivity contribution in [3.8, 4) is 0 Å². The first-order valence-electron chi connectivity index (χ1n) is 7.80. The van der Waals surface area contributed by atoms with E-state index in [9.17, 15) is 4.79 Å². The quantitative estimate of drug-likeness (QED) is 0.534. The third kappa shape index (κ3) is 2.48.